The second kappa shape index (κ2) is 4.51. The predicted molar refractivity (Wildman–Crippen MR) is 66.4 cm³/mol. The number of aliphatic hydroxyl groups excluding tert-OH is 2. The minimum absolute atomic E-state index is 0.0900. The van der Waals surface area contributed by atoms with Gasteiger partial charge in [-0.2, -0.15) is 4.31 Å². The lowest BCUT2D eigenvalue weighted by atomic mass is 10.2. The summed E-state index contributed by atoms with van der Waals surface area (Å²) in [4.78, 5) is 0.151. The molecule has 0 amide bonds. The van der Waals surface area contributed by atoms with Gasteiger partial charge in [-0.15, -0.1) is 0 Å². The van der Waals surface area contributed by atoms with Crippen molar-refractivity contribution in [2.45, 2.75) is 24.0 Å². The van der Waals surface area contributed by atoms with Crippen molar-refractivity contribution in [3.05, 3.63) is 23.8 Å². The standard InChI is InChI=1S/C11H16N2O4S/c1-7-4-8(12)2-3-11(7)18(16,17)13-5-9(14)10(15)6-13/h2-4,9-10,14-15H,5-6,12H2,1H3/t9-,10+. The first-order valence-electron chi connectivity index (χ1n) is 5.55. The molecule has 1 heterocycles. The zero-order valence-electron chi connectivity index (χ0n) is 9.94. The molecule has 1 aliphatic rings. The SMILES string of the molecule is Cc1cc(N)ccc1S(=O)(=O)N1C[C@@H](O)[C@@H](O)C1. The van der Waals surface area contributed by atoms with Crippen LogP contribution in [-0.4, -0.2) is 48.2 Å². The van der Waals surface area contributed by atoms with Crippen LogP contribution in [0.3, 0.4) is 0 Å². The average molecular weight is 272 g/mol. The largest absolute Gasteiger partial charge is 0.399 e. The van der Waals surface area contributed by atoms with Crippen molar-refractivity contribution < 1.29 is 18.6 Å². The van der Waals surface area contributed by atoms with Crippen molar-refractivity contribution in [1.29, 1.82) is 0 Å². The van der Waals surface area contributed by atoms with Crippen LogP contribution >= 0.6 is 0 Å². The van der Waals surface area contributed by atoms with Crippen LogP contribution in [0.4, 0.5) is 5.69 Å². The molecule has 100 valence electrons. The van der Waals surface area contributed by atoms with Gasteiger partial charge in [0.1, 0.15) is 0 Å². The van der Waals surface area contributed by atoms with Crippen molar-refractivity contribution in [2.75, 3.05) is 18.8 Å². The maximum absolute atomic E-state index is 12.3. The zero-order chi connectivity index (χ0) is 13.5. The first-order valence-corrected chi connectivity index (χ1v) is 6.99. The van der Waals surface area contributed by atoms with Gasteiger partial charge in [0, 0.05) is 18.8 Å². The molecule has 1 fully saturated rings. The van der Waals surface area contributed by atoms with E-state index in [1.54, 1.807) is 13.0 Å². The lowest BCUT2D eigenvalue weighted by Crippen LogP contribution is -2.30. The molecule has 0 radical (unpaired) electrons. The highest BCUT2D eigenvalue weighted by molar-refractivity contribution is 7.89. The number of aryl methyl sites for hydroxylation is 1. The number of benzene rings is 1. The Morgan fingerprint density at radius 1 is 1.28 bits per heavy atom. The highest BCUT2D eigenvalue weighted by Crippen LogP contribution is 2.25. The molecule has 1 aromatic carbocycles. The molecule has 2 rings (SSSR count). The Bertz CT molecular complexity index is 548. The molecule has 1 aliphatic heterocycles. The van der Waals surface area contributed by atoms with E-state index in [0.29, 0.717) is 11.3 Å². The minimum Gasteiger partial charge on any atom is -0.399 e. The fourth-order valence-electron chi connectivity index (χ4n) is 2.03. The van der Waals surface area contributed by atoms with Gasteiger partial charge >= 0.3 is 0 Å². The van der Waals surface area contributed by atoms with E-state index in [9.17, 15) is 18.6 Å². The first kappa shape index (κ1) is 13.3. The van der Waals surface area contributed by atoms with Gasteiger partial charge in [0.2, 0.25) is 10.0 Å². The number of nitrogens with zero attached hydrogens (tertiary/aromatic N) is 1. The van der Waals surface area contributed by atoms with Crippen LogP contribution in [-0.2, 0) is 10.0 Å². The molecule has 4 N–H and O–H groups in total. The summed E-state index contributed by atoms with van der Waals surface area (Å²) in [6, 6.07) is 4.54. The Hall–Kier alpha value is -1.15. The monoisotopic (exact) mass is 272 g/mol. The summed E-state index contributed by atoms with van der Waals surface area (Å²) in [6.07, 6.45) is -2.07. The number of rotatable bonds is 2. The maximum atomic E-state index is 12.3. The number of sulfonamides is 1. The number of hydrogen-bond acceptors (Lipinski definition) is 5. The van der Waals surface area contributed by atoms with Gasteiger partial charge in [-0.25, -0.2) is 8.42 Å². The first-order chi connectivity index (χ1) is 8.32. The van der Waals surface area contributed by atoms with Crippen LogP contribution in [0.5, 0.6) is 0 Å². The maximum Gasteiger partial charge on any atom is 0.243 e. The van der Waals surface area contributed by atoms with Crippen molar-refractivity contribution >= 4 is 15.7 Å². The average Bonchev–Trinajstić information content (AvgIpc) is 2.59. The fraction of sp³-hybridized carbons (Fsp3) is 0.455. The van der Waals surface area contributed by atoms with Crippen molar-refractivity contribution in [1.82, 2.24) is 4.31 Å². The van der Waals surface area contributed by atoms with Crippen molar-refractivity contribution in [2.24, 2.45) is 0 Å². The molecule has 2 atom stereocenters. The molecule has 0 aliphatic carbocycles. The normalized spacial score (nSPS) is 25.5. The molecule has 18 heavy (non-hydrogen) atoms. The third kappa shape index (κ3) is 2.22. The van der Waals surface area contributed by atoms with Crippen molar-refractivity contribution in [3.63, 3.8) is 0 Å². The molecular formula is C11H16N2O4S. The van der Waals surface area contributed by atoms with E-state index < -0.39 is 22.2 Å². The molecule has 0 aromatic heterocycles. The molecule has 1 aromatic rings. The summed E-state index contributed by atoms with van der Waals surface area (Å²) in [7, 11) is -3.69. The second-order valence-corrected chi connectivity index (χ2v) is 6.39. The minimum atomic E-state index is -3.69. The summed E-state index contributed by atoms with van der Waals surface area (Å²) in [6.45, 7) is 1.48. The van der Waals surface area contributed by atoms with E-state index >= 15 is 0 Å². The van der Waals surface area contributed by atoms with Crippen LogP contribution in [0.1, 0.15) is 5.56 Å². The van der Waals surface area contributed by atoms with Gasteiger partial charge in [-0.1, -0.05) is 0 Å². The number of nitrogens with two attached hydrogens (primary N) is 1. The van der Waals surface area contributed by atoms with Crippen LogP contribution in [0.2, 0.25) is 0 Å². The summed E-state index contributed by atoms with van der Waals surface area (Å²) < 4.78 is 25.7. The van der Waals surface area contributed by atoms with Gasteiger partial charge in [0.25, 0.3) is 0 Å². The summed E-state index contributed by atoms with van der Waals surface area (Å²) >= 11 is 0. The van der Waals surface area contributed by atoms with Gasteiger partial charge < -0.3 is 15.9 Å². The third-order valence-electron chi connectivity index (χ3n) is 3.04. The number of nitrogen functional groups attached to an aromatic ring is 1. The lowest BCUT2D eigenvalue weighted by molar-refractivity contribution is 0.0572. The van der Waals surface area contributed by atoms with Gasteiger partial charge in [0.15, 0.2) is 0 Å². The Balaban J connectivity index is 2.37. The third-order valence-corrected chi connectivity index (χ3v) is 5.03. The summed E-state index contributed by atoms with van der Waals surface area (Å²) in [5.41, 5.74) is 6.62. The molecule has 0 unspecified atom stereocenters. The van der Waals surface area contributed by atoms with E-state index in [1.165, 1.54) is 12.1 Å². The van der Waals surface area contributed by atoms with E-state index in [2.05, 4.69) is 0 Å². The Labute approximate surface area is 106 Å². The topological polar surface area (TPSA) is 104 Å². The molecule has 6 nitrogen and oxygen atoms in total. The Morgan fingerprint density at radius 2 is 1.83 bits per heavy atom. The second-order valence-electron chi connectivity index (χ2n) is 4.48. The van der Waals surface area contributed by atoms with Gasteiger partial charge in [-0.05, 0) is 30.7 Å². The summed E-state index contributed by atoms with van der Waals surface area (Å²) in [5, 5.41) is 18.8. The Morgan fingerprint density at radius 3 is 2.33 bits per heavy atom. The molecular weight excluding hydrogens is 256 g/mol. The molecule has 1 saturated heterocycles. The molecule has 7 heteroatoms. The molecule has 0 saturated carbocycles. The van der Waals surface area contributed by atoms with E-state index in [4.69, 9.17) is 5.73 Å². The number of hydrogen-bond donors (Lipinski definition) is 3. The van der Waals surface area contributed by atoms with Gasteiger partial charge in [0.05, 0.1) is 17.1 Å². The van der Waals surface area contributed by atoms with Crippen LogP contribution in [0.15, 0.2) is 23.1 Å². The number of anilines is 1. The number of β-amino-alcohol motifs (C(OH)–C–C–N with tert-alkyl or cyclic N) is 2. The predicted octanol–water partition coefficient (Wildman–Crippen LogP) is -0.697. The number of aliphatic hydroxyl groups is 2. The van der Waals surface area contributed by atoms with Crippen molar-refractivity contribution in [3.8, 4) is 0 Å². The zero-order valence-corrected chi connectivity index (χ0v) is 10.8. The van der Waals surface area contributed by atoms with Crippen LogP contribution < -0.4 is 5.73 Å². The van der Waals surface area contributed by atoms with E-state index in [1.807, 2.05) is 0 Å². The van der Waals surface area contributed by atoms with E-state index in [-0.39, 0.29) is 18.0 Å². The van der Waals surface area contributed by atoms with Crippen LogP contribution in [0.25, 0.3) is 0 Å². The smallest absolute Gasteiger partial charge is 0.243 e. The highest BCUT2D eigenvalue weighted by Gasteiger charge is 2.37. The Kier molecular flexibility index (Phi) is 3.33. The van der Waals surface area contributed by atoms with Gasteiger partial charge in [-0.3, -0.25) is 0 Å². The molecule has 0 spiro atoms. The quantitative estimate of drug-likeness (QED) is 0.618. The fourth-order valence-corrected chi connectivity index (χ4v) is 3.71. The highest BCUT2D eigenvalue weighted by atomic mass is 32.2. The molecule has 0 bridgehead atoms. The van der Waals surface area contributed by atoms with E-state index in [0.717, 1.165) is 4.31 Å². The lowest BCUT2D eigenvalue weighted by Gasteiger charge is -2.17. The summed E-state index contributed by atoms with van der Waals surface area (Å²) in [5.74, 6) is 0. The van der Waals surface area contributed by atoms with Crippen LogP contribution in [0, 0.1) is 6.92 Å².